The summed E-state index contributed by atoms with van der Waals surface area (Å²) in [5.41, 5.74) is 8.29. The van der Waals surface area contributed by atoms with Gasteiger partial charge in [-0.15, -0.1) is 11.8 Å². The number of aliphatic carboxylic acids is 1. The molecule has 0 aromatic heterocycles. The van der Waals surface area contributed by atoms with E-state index >= 15 is 0 Å². The standard InChI is InChI=1S/C17H21NO4.C16H19N3O4S/c1-18-13-7-11(8-14(18)16-15(13)22-16)21-17(20)12(9-19)10-5-3-2-4-6-10;1-8-7-24-15-11(14(21)19(15)12(8)16(22)23)18-13(20)10(17)9-5-3-2-4-6-9/h2-6,11-16,19H,7-9H2,1H3;2-3,6,10-11,15H,4-5,7,17H2,1H3,(H,18,20)(H,22,23)/t11?,12-,13-,14+,15-,16+;10-,11-,15-/m11/s1. The number of nitrogens with one attached hydrogen (secondary N) is 1. The molecule has 5 N–H and O–H groups in total. The maximum atomic E-state index is 12.4. The number of aliphatic hydroxyl groups excluding tert-OH is 1. The third-order valence-electron chi connectivity index (χ3n) is 9.70. The molecule has 5 aliphatic heterocycles. The van der Waals surface area contributed by atoms with Gasteiger partial charge in [0.05, 0.1) is 6.61 Å². The Bertz CT molecular complexity index is 1460. The minimum Gasteiger partial charge on any atom is -0.477 e. The van der Waals surface area contributed by atoms with E-state index in [1.165, 1.54) is 16.7 Å². The van der Waals surface area contributed by atoms with E-state index in [1.54, 1.807) is 6.92 Å². The van der Waals surface area contributed by atoms with Crippen LogP contribution < -0.4 is 11.1 Å². The maximum absolute atomic E-state index is 12.4. The molecule has 2 bridgehead atoms. The maximum Gasteiger partial charge on any atom is 0.352 e. The first kappa shape index (κ1) is 32.5. The number of hydrogen-bond acceptors (Lipinski definition) is 10. The molecule has 0 radical (unpaired) electrons. The van der Waals surface area contributed by atoms with E-state index in [4.69, 9.17) is 15.2 Å². The molecule has 46 heavy (non-hydrogen) atoms. The van der Waals surface area contributed by atoms with Crippen molar-refractivity contribution in [2.45, 2.75) is 86.4 Å². The van der Waals surface area contributed by atoms with E-state index in [0.717, 1.165) is 30.4 Å². The number of carboxylic acid groups (broad SMARTS) is 1. The van der Waals surface area contributed by atoms with Gasteiger partial charge in [-0.3, -0.25) is 24.2 Å². The topological polar surface area (TPSA) is 175 Å². The number of likely N-dealkylation sites (N-methyl/N-ethyl adjacent to an activating group) is 1. The van der Waals surface area contributed by atoms with Crippen LogP contribution >= 0.6 is 11.8 Å². The Labute approximate surface area is 271 Å². The van der Waals surface area contributed by atoms with Crippen molar-refractivity contribution in [1.29, 1.82) is 0 Å². The van der Waals surface area contributed by atoms with E-state index in [1.807, 2.05) is 48.6 Å². The number of ether oxygens (including phenoxy) is 2. The van der Waals surface area contributed by atoms with Crippen LogP contribution in [0, 0.1) is 0 Å². The minimum atomic E-state index is -1.12. The van der Waals surface area contributed by atoms with Crippen LogP contribution in [0.2, 0.25) is 0 Å². The summed E-state index contributed by atoms with van der Waals surface area (Å²) in [6.07, 6.45) is 9.52. The van der Waals surface area contributed by atoms with Crippen molar-refractivity contribution in [1.82, 2.24) is 15.1 Å². The third-order valence-corrected chi connectivity index (χ3v) is 11.1. The number of nitrogens with zero attached hydrogens (tertiary/aromatic N) is 2. The third kappa shape index (κ3) is 6.14. The van der Waals surface area contributed by atoms with Crippen LogP contribution in [0.4, 0.5) is 0 Å². The zero-order chi connectivity index (χ0) is 32.7. The molecule has 4 saturated heterocycles. The van der Waals surface area contributed by atoms with Gasteiger partial charge in [0.15, 0.2) is 0 Å². The number of carbonyl (C=O) groups excluding carboxylic acids is 3. The lowest BCUT2D eigenvalue weighted by Crippen LogP contribution is -2.71. The fourth-order valence-electron chi connectivity index (χ4n) is 7.10. The predicted octanol–water partition coefficient (Wildman–Crippen LogP) is 1.27. The van der Waals surface area contributed by atoms with Gasteiger partial charge in [-0.2, -0.15) is 0 Å². The van der Waals surface area contributed by atoms with Gasteiger partial charge in [0.25, 0.3) is 5.91 Å². The number of epoxide rings is 1. The second kappa shape index (κ2) is 13.3. The summed E-state index contributed by atoms with van der Waals surface area (Å²) in [5, 5.41) is 21.1. The summed E-state index contributed by atoms with van der Waals surface area (Å²) < 4.78 is 11.4. The number of morpholine rings is 1. The van der Waals surface area contributed by atoms with Crippen LogP contribution in [0.3, 0.4) is 0 Å². The number of piperidine rings is 1. The number of rotatable bonds is 8. The van der Waals surface area contributed by atoms with E-state index in [9.17, 15) is 29.4 Å². The van der Waals surface area contributed by atoms with E-state index in [-0.39, 0.29) is 29.8 Å². The number of fused-ring (bicyclic) bond motifs is 6. The number of nitrogens with two attached hydrogens (primary N) is 1. The highest BCUT2D eigenvalue weighted by atomic mass is 32.2. The highest BCUT2D eigenvalue weighted by molar-refractivity contribution is 8.00. The van der Waals surface area contributed by atoms with Gasteiger partial charge in [-0.05, 0) is 43.5 Å². The fraction of sp³-hybridized carbons (Fsp3) is 0.515. The van der Waals surface area contributed by atoms with Gasteiger partial charge in [-0.1, -0.05) is 48.6 Å². The van der Waals surface area contributed by atoms with Gasteiger partial charge < -0.3 is 30.7 Å². The zero-order valence-electron chi connectivity index (χ0n) is 25.8. The first-order valence-corrected chi connectivity index (χ1v) is 16.7. The summed E-state index contributed by atoms with van der Waals surface area (Å²) in [7, 11) is 2.13. The molecule has 1 unspecified atom stereocenters. The number of benzene rings is 1. The van der Waals surface area contributed by atoms with Crippen LogP contribution in [-0.4, -0.2) is 111 Å². The van der Waals surface area contributed by atoms with Gasteiger partial charge in [0.2, 0.25) is 5.91 Å². The molecule has 0 saturated carbocycles. The predicted molar refractivity (Wildman–Crippen MR) is 169 cm³/mol. The van der Waals surface area contributed by atoms with Crippen molar-refractivity contribution in [2.75, 3.05) is 19.4 Å². The van der Waals surface area contributed by atoms with Crippen LogP contribution in [0.15, 0.2) is 65.4 Å². The van der Waals surface area contributed by atoms with Crippen molar-refractivity contribution in [2.24, 2.45) is 5.73 Å². The fourth-order valence-corrected chi connectivity index (χ4v) is 8.40. The zero-order valence-corrected chi connectivity index (χ0v) is 26.6. The summed E-state index contributed by atoms with van der Waals surface area (Å²) in [4.78, 5) is 52.1. The molecule has 5 heterocycles. The van der Waals surface area contributed by atoms with Crippen LogP contribution in [0.25, 0.3) is 0 Å². The molecule has 12 nitrogen and oxygen atoms in total. The second-order valence-electron chi connectivity index (χ2n) is 12.5. The Morgan fingerprint density at radius 2 is 1.85 bits per heavy atom. The molecule has 246 valence electrons. The molecule has 13 heteroatoms. The van der Waals surface area contributed by atoms with Gasteiger partial charge in [0, 0.05) is 30.7 Å². The summed E-state index contributed by atoms with van der Waals surface area (Å²) in [5.74, 6) is -2.32. The Kier molecular flexibility index (Phi) is 9.40. The SMILES string of the molecule is CC1=C(C(=O)O)N2C(=O)[C@@H](NC(=O)[C@H](N)C3=CCC=CC3)[C@H]2SC1.CN1[C@@H]2CC(OC(=O)[C@H](CO)c3ccccc3)C[C@H]1[C@@H]1O[C@@H]12. The molecule has 1 aromatic rings. The summed E-state index contributed by atoms with van der Waals surface area (Å²) in [6, 6.07) is 8.55. The number of carbonyl (C=O) groups is 4. The lowest BCUT2D eigenvalue weighted by Gasteiger charge is -2.49. The number of carboxylic acids is 1. The van der Waals surface area contributed by atoms with Gasteiger partial charge >= 0.3 is 11.9 Å². The molecule has 4 fully saturated rings. The highest BCUT2D eigenvalue weighted by Crippen LogP contribution is 2.48. The molecule has 9 atom stereocenters. The van der Waals surface area contributed by atoms with Crippen molar-refractivity contribution in [3.63, 3.8) is 0 Å². The number of amides is 2. The monoisotopic (exact) mass is 652 g/mol. The second-order valence-corrected chi connectivity index (χ2v) is 13.6. The molecular formula is C33H40N4O8S. The van der Waals surface area contributed by atoms with Crippen LogP contribution in [-0.2, 0) is 28.7 Å². The van der Waals surface area contributed by atoms with E-state index in [0.29, 0.717) is 42.0 Å². The quantitative estimate of drug-likeness (QED) is 0.138. The smallest absolute Gasteiger partial charge is 0.352 e. The lowest BCUT2D eigenvalue weighted by molar-refractivity contribution is -0.156. The Balaban J connectivity index is 0.000000162. The number of hydrogen-bond donors (Lipinski definition) is 4. The number of allylic oxidation sites excluding steroid dienone is 3. The van der Waals surface area contributed by atoms with Gasteiger partial charge in [0.1, 0.15) is 47.4 Å². The number of esters is 1. The summed E-state index contributed by atoms with van der Waals surface area (Å²) in [6.45, 7) is 1.47. The van der Waals surface area contributed by atoms with Crippen molar-refractivity contribution < 1.29 is 38.9 Å². The van der Waals surface area contributed by atoms with E-state index in [2.05, 4.69) is 17.3 Å². The molecule has 6 aliphatic rings. The molecule has 0 spiro atoms. The van der Waals surface area contributed by atoms with E-state index < -0.39 is 35.8 Å². The molecule has 1 aliphatic carbocycles. The Hall–Kier alpha value is -3.49. The van der Waals surface area contributed by atoms with Crippen LogP contribution in [0.5, 0.6) is 0 Å². The lowest BCUT2D eigenvalue weighted by atomic mass is 9.97. The first-order valence-electron chi connectivity index (χ1n) is 15.6. The molecular weight excluding hydrogens is 612 g/mol. The Morgan fingerprint density at radius 1 is 1.15 bits per heavy atom. The highest BCUT2D eigenvalue weighted by Gasteiger charge is 2.63. The summed E-state index contributed by atoms with van der Waals surface area (Å²) >= 11 is 1.45. The minimum absolute atomic E-state index is 0.0265. The first-order chi connectivity index (χ1) is 22.1. The molecule has 2 amide bonds. The van der Waals surface area contributed by atoms with Crippen molar-refractivity contribution in [3.05, 3.63) is 71.0 Å². The number of β-lactam (4-membered cyclic amide) rings is 1. The largest absolute Gasteiger partial charge is 0.477 e. The molecule has 7 rings (SSSR count). The van der Waals surface area contributed by atoms with Crippen LogP contribution in [0.1, 0.15) is 44.1 Å². The van der Waals surface area contributed by atoms with Crippen molar-refractivity contribution in [3.8, 4) is 0 Å². The average Bonchev–Trinajstić information content (AvgIpc) is 3.83. The number of thioether (sulfide) groups is 1. The molecule has 1 aromatic carbocycles. The average molecular weight is 653 g/mol. The normalized spacial score (nSPS) is 32.1. The van der Waals surface area contributed by atoms with Gasteiger partial charge in [-0.25, -0.2) is 4.79 Å². The Morgan fingerprint density at radius 3 is 2.46 bits per heavy atom. The number of aliphatic hydroxyl groups is 1. The van der Waals surface area contributed by atoms with Crippen molar-refractivity contribution >= 4 is 35.5 Å².